The standard InChI is InChI=1S/C13H21NO/c1-2-11-6-8-12(9-7-11)4-3-5-13(15)10-14/h6-9,13,15H,2-5,10,14H2,1H3. The first-order chi connectivity index (χ1) is 7.26. The molecule has 15 heavy (non-hydrogen) atoms. The Bertz CT molecular complexity index is 268. The quantitative estimate of drug-likeness (QED) is 0.748. The van der Waals surface area contributed by atoms with Crippen LogP contribution in [0.3, 0.4) is 0 Å². The Morgan fingerprint density at radius 1 is 1.20 bits per heavy atom. The van der Waals surface area contributed by atoms with Crippen LogP contribution >= 0.6 is 0 Å². The van der Waals surface area contributed by atoms with E-state index in [4.69, 9.17) is 5.73 Å². The van der Waals surface area contributed by atoms with Crippen molar-refractivity contribution >= 4 is 0 Å². The highest BCUT2D eigenvalue weighted by Crippen LogP contribution is 2.09. The highest BCUT2D eigenvalue weighted by Gasteiger charge is 2.00. The van der Waals surface area contributed by atoms with Crippen molar-refractivity contribution in [3.8, 4) is 0 Å². The lowest BCUT2D eigenvalue weighted by Crippen LogP contribution is -2.19. The molecular formula is C13H21NO. The van der Waals surface area contributed by atoms with Gasteiger partial charge < -0.3 is 10.8 Å². The SMILES string of the molecule is CCc1ccc(CCCC(O)CN)cc1. The number of aliphatic hydroxyl groups excluding tert-OH is 1. The molecule has 3 N–H and O–H groups in total. The molecule has 0 saturated heterocycles. The van der Waals surface area contributed by atoms with Gasteiger partial charge in [0.15, 0.2) is 0 Å². The second-order valence-electron chi connectivity index (χ2n) is 3.95. The predicted molar refractivity (Wildman–Crippen MR) is 63.8 cm³/mol. The Hall–Kier alpha value is -0.860. The van der Waals surface area contributed by atoms with Gasteiger partial charge in [0.25, 0.3) is 0 Å². The summed E-state index contributed by atoms with van der Waals surface area (Å²) in [7, 11) is 0. The Balaban J connectivity index is 2.31. The van der Waals surface area contributed by atoms with Crippen LogP contribution in [0.1, 0.15) is 30.9 Å². The Morgan fingerprint density at radius 3 is 2.33 bits per heavy atom. The number of hydrogen-bond acceptors (Lipinski definition) is 2. The van der Waals surface area contributed by atoms with Gasteiger partial charge in [-0.2, -0.15) is 0 Å². The van der Waals surface area contributed by atoms with Crippen LogP contribution < -0.4 is 5.73 Å². The van der Waals surface area contributed by atoms with Gasteiger partial charge in [0.05, 0.1) is 6.10 Å². The summed E-state index contributed by atoms with van der Waals surface area (Å²) in [5, 5.41) is 9.29. The third-order valence-electron chi connectivity index (χ3n) is 2.71. The molecule has 84 valence electrons. The molecule has 2 heteroatoms. The van der Waals surface area contributed by atoms with Crippen LogP contribution in [0.15, 0.2) is 24.3 Å². The molecule has 0 aliphatic carbocycles. The maximum absolute atomic E-state index is 9.29. The van der Waals surface area contributed by atoms with Gasteiger partial charge in [0, 0.05) is 6.54 Å². The number of rotatable bonds is 6. The van der Waals surface area contributed by atoms with Gasteiger partial charge in [-0.05, 0) is 36.8 Å². The molecule has 0 aliphatic heterocycles. The normalized spacial score (nSPS) is 12.7. The summed E-state index contributed by atoms with van der Waals surface area (Å²) in [4.78, 5) is 0. The first kappa shape index (κ1) is 12.2. The topological polar surface area (TPSA) is 46.2 Å². The molecule has 1 aromatic rings. The number of benzene rings is 1. The second-order valence-corrected chi connectivity index (χ2v) is 3.95. The van der Waals surface area contributed by atoms with Crippen LogP contribution in [0, 0.1) is 0 Å². The van der Waals surface area contributed by atoms with Gasteiger partial charge in [-0.15, -0.1) is 0 Å². The summed E-state index contributed by atoms with van der Waals surface area (Å²) < 4.78 is 0. The first-order valence-electron chi connectivity index (χ1n) is 5.72. The molecule has 0 bridgehead atoms. The van der Waals surface area contributed by atoms with Gasteiger partial charge in [-0.25, -0.2) is 0 Å². The maximum atomic E-state index is 9.29. The van der Waals surface area contributed by atoms with E-state index in [1.807, 2.05) is 0 Å². The Morgan fingerprint density at radius 2 is 1.80 bits per heavy atom. The molecule has 0 aliphatic rings. The van der Waals surface area contributed by atoms with Crippen LogP contribution in [0.2, 0.25) is 0 Å². The number of hydrogen-bond donors (Lipinski definition) is 2. The van der Waals surface area contributed by atoms with Gasteiger partial charge >= 0.3 is 0 Å². The van der Waals surface area contributed by atoms with Gasteiger partial charge in [0.1, 0.15) is 0 Å². The van der Waals surface area contributed by atoms with E-state index in [-0.39, 0.29) is 6.10 Å². The van der Waals surface area contributed by atoms with Gasteiger partial charge in [0.2, 0.25) is 0 Å². The maximum Gasteiger partial charge on any atom is 0.0662 e. The smallest absolute Gasteiger partial charge is 0.0662 e. The molecular weight excluding hydrogens is 186 g/mol. The van der Waals surface area contributed by atoms with E-state index in [9.17, 15) is 5.11 Å². The summed E-state index contributed by atoms with van der Waals surface area (Å²) in [6, 6.07) is 8.70. The van der Waals surface area contributed by atoms with Crippen LogP contribution in [0.25, 0.3) is 0 Å². The second kappa shape index (κ2) is 6.59. The van der Waals surface area contributed by atoms with Crippen molar-refractivity contribution in [3.05, 3.63) is 35.4 Å². The van der Waals surface area contributed by atoms with E-state index in [1.165, 1.54) is 11.1 Å². The number of aliphatic hydroxyl groups is 1. The highest BCUT2D eigenvalue weighted by molar-refractivity contribution is 5.22. The molecule has 1 aromatic carbocycles. The highest BCUT2D eigenvalue weighted by atomic mass is 16.3. The summed E-state index contributed by atoms with van der Waals surface area (Å²) in [5.74, 6) is 0. The molecule has 0 fully saturated rings. The molecule has 0 aromatic heterocycles. The monoisotopic (exact) mass is 207 g/mol. The molecule has 0 amide bonds. The van der Waals surface area contributed by atoms with Crippen molar-refractivity contribution < 1.29 is 5.11 Å². The molecule has 1 rings (SSSR count). The van der Waals surface area contributed by atoms with E-state index in [1.54, 1.807) is 0 Å². The number of aryl methyl sites for hydroxylation is 2. The van der Waals surface area contributed by atoms with E-state index in [2.05, 4.69) is 31.2 Å². The van der Waals surface area contributed by atoms with Crippen LogP contribution in [0.4, 0.5) is 0 Å². The van der Waals surface area contributed by atoms with E-state index >= 15 is 0 Å². The Labute approximate surface area is 92.1 Å². The molecule has 0 spiro atoms. The fourth-order valence-electron chi connectivity index (χ4n) is 1.60. The molecule has 1 unspecified atom stereocenters. The van der Waals surface area contributed by atoms with E-state index < -0.39 is 0 Å². The van der Waals surface area contributed by atoms with Crippen molar-refractivity contribution in [1.82, 2.24) is 0 Å². The summed E-state index contributed by atoms with van der Waals surface area (Å²) in [6.07, 6.45) is 3.59. The van der Waals surface area contributed by atoms with Crippen molar-refractivity contribution in [1.29, 1.82) is 0 Å². The largest absolute Gasteiger partial charge is 0.392 e. The van der Waals surface area contributed by atoms with Crippen molar-refractivity contribution in [2.24, 2.45) is 5.73 Å². The summed E-state index contributed by atoms with van der Waals surface area (Å²) >= 11 is 0. The zero-order valence-electron chi connectivity index (χ0n) is 9.45. The lowest BCUT2D eigenvalue weighted by Gasteiger charge is -2.07. The molecule has 2 nitrogen and oxygen atoms in total. The third-order valence-corrected chi connectivity index (χ3v) is 2.71. The van der Waals surface area contributed by atoms with Crippen molar-refractivity contribution in [2.45, 2.75) is 38.7 Å². The van der Waals surface area contributed by atoms with Gasteiger partial charge in [-0.1, -0.05) is 31.2 Å². The lowest BCUT2D eigenvalue weighted by molar-refractivity contribution is 0.170. The average molecular weight is 207 g/mol. The minimum atomic E-state index is -0.333. The molecule has 0 saturated carbocycles. The first-order valence-corrected chi connectivity index (χ1v) is 5.72. The van der Waals surface area contributed by atoms with Crippen LogP contribution in [-0.4, -0.2) is 17.8 Å². The Kier molecular flexibility index (Phi) is 5.37. The summed E-state index contributed by atoms with van der Waals surface area (Å²) in [5.41, 5.74) is 8.06. The van der Waals surface area contributed by atoms with Gasteiger partial charge in [-0.3, -0.25) is 0 Å². The zero-order valence-corrected chi connectivity index (χ0v) is 9.45. The molecule has 1 atom stereocenters. The number of nitrogens with two attached hydrogens (primary N) is 1. The van der Waals surface area contributed by atoms with E-state index in [0.717, 1.165) is 25.7 Å². The van der Waals surface area contributed by atoms with Crippen LogP contribution in [0.5, 0.6) is 0 Å². The predicted octanol–water partition coefficient (Wildman–Crippen LogP) is 1.89. The lowest BCUT2D eigenvalue weighted by atomic mass is 10.0. The zero-order chi connectivity index (χ0) is 11.1. The van der Waals surface area contributed by atoms with Crippen LogP contribution in [-0.2, 0) is 12.8 Å². The molecule has 0 radical (unpaired) electrons. The average Bonchev–Trinajstić information content (AvgIpc) is 2.29. The fraction of sp³-hybridized carbons (Fsp3) is 0.538. The third kappa shape index (κ3) is 4.45. The minimum Gasteiger partial charge on any atom is -0.392 e. The fourth-order valence-corrected chi connectivity index (χ4v) is 1.60. The van der Waals surface area contributed by atoms with Crippen molar-refractivity contribution in [2.75, 3.05) is 6.54 Å². The van der Waals surface area contributed by atoms with Crippen molar-refractivity contribution in [3.63, 3.8) is 0 Å². The van der Waals surface area contributed by atoms with E-state index in [0.29, 0.717) is 6.54 Å². The molecule has 0 heterocycles. The summed E-state index contributed by atoms with van der Waals surface area (Å²) in [6.45, 7) is 2.53. The minimum absolute atomic E-state index is 0.333.